The highest BCUT2D eigenvalue weighted by molar-refractivity contribution is 7.09. The fourth-order valence-electron chi connectivity index (χ4n) is 2.88. The number of Topliss-reactive ketones (excluding diaryl/α,β-unsaturated/α-hetero) is 2. The average Bonchev–Trinajstić information content (AvgIpc) is 3.23. The molecule has 1 aliphatic heterocycles. The van der Waals surface area contributed by atoms with Crippen LogP contribution in [0.2, 0.25) is 0 Å². The van der Waals surface area contributed by atoms with Crippen molar-refractivity contribution in [3.8, 4) is 0 Å². The summed E-state index contributed by atoms with van der Waals surface area (Å²) >= 11 is 1.21. The first-order chi connectivity index (χ1) is 13.5. The number of carbonyl (C=O) groups is 4. The summed E-state index contributed by atoms with van der Waals surface area (Å²) in [5, 5.41) is 5.01. The lowest BCUT2D eigenvalue weighted by molar-refractivity contribution is -0.143. The van der Waals surface area contributed by atoms with Crippen molar-refractivity contribution < 1.29 is 23.9 Å². The lowest BCUT2D eigenvalue weighted by Gasteiger charge is -2.22. The summed E-state index contributed by atoms with van der Waals surface area (Å²) in [6, 6.07) is 8.18. The highest BCUT2D eigenvalue weighted by Gasteiger charge is 2.34. The molecule has 28 heavy (non-hydrogen) atoms. The smallest absolute Gasteiger partial charge is 0.408 e. The van der Waals surface area contributed by atoms with Gasteiger partial charge in [-0.2, -0.15) is 0 Å². The molecule has 2 heterocycles. The van der Waals surface area contributed by atoms with Crippen molar-refractivity contribution in [2.45, 2.75) is 25.5 Å². The van der Waals surface area contributed by atoms with Crippen LogP contribution in [0.5, 0.6) is 0 Å². The van der Waals surface area contributed by atoms with Crippen molar-refractivity contribution in [2.75, 3.05) is 6.54 Å². The van der Waals surface area contributed by atoms with E-state index in [2.05, 4.69) is 15.6 Å². The quantitative estimate of drug-likeness (QED) is 0.684. The Kier molecular flexibility index (Phi) is 6.49. The van der Waals surface area contributed by atoms with Gasteiger partial charge >= 0.3 is 6.09 Å². The summed E-state index contributed by atoms with van der Waals surface area (Å²) < 4.78 is 5.19. The number of thiazole rings is 1. The van der Waals surface area contributed by atoms with Crippen LogP contribution < -0.4 is 10.6 Å². The second-order valence-corrected chi connectivity index (χ2v) is 7.24. The summed E-state index contributed by atoms with van der Waals surface area (Å²) in [6.45, 7) is 0.415. The molecule has 2 N–H and O–H groups in total. The number of aromatic nitrogens is 1. The predicted octanol–water partition coefficient (Wildman–Crippen LogP) is 1.77. The number of hydrogen-bond acceptors (Lipinski definition) is 7. The third kappa shape index (κ3) is 5.01. The summed E-state index contributed by atoms with van der Waals surface area (Å²) in [6.07, 6.45) is 1.00. The van der Waals surface area contributed by atoms with Crippen LogP contribution in [0.3, 0.4) is 0 Å². The van der Waals surface area contributed by atoms with Crippen LogP contribution in [0.1, 0.15) is 29.3 Å². The molecular formula is C19H19N3O5S. The lowest BCUT2D eigenvalue weighted by atomic mass is 9.89. The number of nitrogens with zero attached hydrogens (tertiary/aromatic N) is 1. The van der Waals surface area contributed by atoms with Gasteiger partial charge in [0.05, 0.1) is 10.4 Å². The minimum Gasteiger partial charge on any atom is -0.445 e. The van der Waals surface area contributed by atoms with E-state index in [0.29, 0.717) is 17.8 Å². The Morgan fingerprint density at radius 2 is 2.07 bits per heavy atom. The second-order valence-electron chi connectivity index (χ2n) is 6.32. The molecule has 2 atom stereocenters. The molecule has 0 spiro atoms. The number of amides is 2. The fourth-order valence-corrected chi connectivity index (χ4v) is 3.57. The number of piperidine rings is 1. The van der Waals surface area contributed by atoms with Gasteiger partial charge < -0.3 is 15.4 Å². The first kappa shape index (κ1) is 19.7. The van der Waals surface area contributed by atoms with Gasteiger partial charge in [-0.15, -0.1) is 11.3 Å². The maximum Gasteiger partial charge on any atom is 0.408 e. The zero-order valence-electron chi connectivity index (χ0n) is 14.9. The van der Waals surface area contributed by atoms with Crippen LogP contribution in [-0.4, -0.2) is 35.1 Å². The Morgan fingerprint density at radius 3 is 2.79 bits per heavy atom. The van der Waals surface area contributed by atoms with Crippen LogP contribution in [-0.2, 0) is 25.7 Å². The fraction of sp³-hybridized carbons (Fsp3) is 0.316. The van der Waals surface area contributed by atoms with Gasteiger partial charge in [-0.25, -0.2) is 4.79 Å². The normalized spacial score (nSPS) is 17.5. The zero-order valence-corrected chi connectivity index (χ0v) is 15.7. The Labute approximate surface area is 165 Å². The van der Waals surface area contributed by atoms with E-state index in [1.54, 1.807) is 5.51 Å². The van der Waals surface area contributed by atoms with E-state index in [9.17, 15) is 19.2 Å². The van der Waals surface area contributed by atoms with Crippen LogP contribution in [0.15, 0.2) is 42.0 Å². The molecule has 1 aromatic carbocycles. The topological polar surface area (TPSA) is 114 Å². The summed E-state index contributed by atoms with van der Waals surface area (Å²) in [5.41, 5.74) is 2.36. The number of rotatable bonds is 7. The summed E-state index contributed by atoms with van der Waals surface area (Å²) in [5.74, 6) is -2.32. The van der Waals surface area contributed by atoms with Crippen molar-refractivity contribution in [1.29, 1.82) is 0 Å². The molecule has 1 fully saturated rings. The molecule has 0 radical (unpaired) electrons. The van der Waals surface area contributed by atoms with E-state index in [1.807, 2.05) is 30.3 Å². The molecule has 3 rings (SSSR count). The highest BCUT2D eigenvalue weighted by Crippen LogP contribution is 2.24. The van der Waals surface area contributed by atoms with Crippen molar-refractivity contribution in [1.82, 2.24) is 15.6 Å². The van der Waals surface area contributed by atoms with Gasteiger partial charge in [0.15, 0.2) is 5.78 Å². The van der Waals surface area contributed by atoms with Gasteiger partial charge in [-0.05, 0) is 12.0 Å². The lowest BCUT2D eigenvalue weighted by Crippen LogP contribution is -2.44. The highest BCUT2D eigenvalue weighted by atomic mass is 32.1. The molecule has 1 saturated heterocycles. The SMILES string of the molecule is O=C(NC(C(=O)CC1CCNC(=O)C1=O)c1cncs1)OCc1ccccc1. The molecule has 146 valence electrons. The van der Waals surface area contributed by atoms with E-state index in [-0.39, 0.29) is 18.8 Å². The maximum absolute atomic E-state index is 12.8. The second kappa shape index (κ2) is 9.23. The molecule has 1 aromatic heterocycles. The van der Waals surface area contributed by atoms with Gasteiger partial charge in [0.2, 0.25) is 5.78 Å². The number of nitrogens with one attached hydrogen (secondary N) is 2. The van der Waals surface area contributed by atoms with E-state index in [1.165, 1.54) is 17.5 Å². The van der Waals surface area contributed by atoms with Crippen LogP contribution in [0.4, 0.5) is 4.79 Å². The molecule has 2 aromatic rings. The van der Waals surface area contributed by atoms with Gasteiger partial charge in [0.25, 0.3) is 5.91 Å². The number of benzene rings is 1. The van der Waals surface area contributed by atoms with Crippen molar-refractivity contribution in [3.05, 3.63) is 52.5 Å². The number of ether oxygens (including phenoxy) is 1. The molecule has 2 unspecified atom stereocenters. The van der Waals surface area contributed by atoms with E-state index >= 15 is 0 Å². The molecule has 9 heteroatoms. The minimum absolute atomic E-state index is 0.0670. The largest absolute Gasteiger partial charge is 0.445 e. The van der Waals surface area contributed by atoms with Crippen molar-refractivity contribution in [2.24, 2.45) is 5.92 Å². The number of hydrogen-bond donors (Lipinski definition) is 2. The molecule has 2 amide bonds. The molecular weight excluding hydrogens is 382 g/mol. The molecule has 1 aliphatic rings. The maximum atomic E-state index is 12.8. The summed E-state index contributed by atoms with van der Waals surface area (Å²) in [7, 11) is 0. The van der Waals surface area contributed by atoms with Gasteiger partial charge in [-0.1, -0.05) is 30.3 Å². The van der Waals surface area contributed by atoms with Gasteiger partial charge in [0, 0.05) is 25.1 Å². The molecule has 8 nitrogen and oxygen atoms in total. The third-order valence-electron chi connectivity index (χ3n) is 4.35. The molecule has 0 aliphatic carbocycles. The number of alkyl carbamates (subject to hydrolysis) is 1. The Hall–Kier alpha value is -3.07. The molecule has 0 bridgehead atoms. The number of carbonyl (C=O) groups excluding carboxylic acids is 4. The van der Waals surface area contributed by atoms with Crippen LogP contribution in [0, 0.1) is 5.92 Å². The van der Waals surface area contributed by atoms with Crippen LogP contribution in [0.25, 0.3) is 0 Å². The van der Waals surface area contributed by atoms with Gasteiger partial charge in [0.1, 0.15) is 12.6 Å². The molecule has 0 saturated carbocycles. The standard InChI is InChI=1S/C19H19N3O5S/c23-14(8-13-6-7-21-18(25)17(13)24)16(15-9-20-11-28-15)22-19(26)27-10-12-4-2-1-3-5-12/h1-5,9,11,13,16H,6-8,10H2,(H,21,25)(H,22,26). The zero-order chi connectivity index (χ0) is 19.9. The van der Waals surface area contributed by atoms with E-state index in [4.69, 9.17) is 4.74 Å². The summed E-state index contributed by atoms with van der Waals surface area (Å²) in [4.78, 5) is 53.0. The minimum atomic E-state index is -0.978. The van der Waals surface area contributed by atoms with Crippen molar-refractivity contribution in [3.63, 3.8) is 0 Å². The number of ketones is 2. The monoisotopic (exact) mass is 401 g/mol. The van der Waals surface area contributed by atoms with Crippen LogP contribution >= 0.6 is 11.3 Å². The Morgan fingerprint density at radius 1 is 1.29 bits per heavy atom. The average molecular weight is 401 g/mol. The van der Waals surface area contributed by atoms with E-state index in [0.717, 1.165) is 5.56 Å². The first-order valence-electron chi connectivity index (χ1n) is 8.75. The predicted molar refractivity (Wildman–Crippen MR) is 100 cm³/mol. The third-order valence-corrected chi connectivity index (χ3v) is 5.19. The Bertz CT molecular complexity index is 854. The van der Waals surface area contributed by atoms with E-state index < -0.39 is 29.7 Å². The van der Waals surface area contributed by atoms with Gasteiger partial charge in [-0.3, -0.25) is 19.4 Å². The van der Waals surface area contributed by atoms with Crippen molar-refractivity contribution >= 4 is 34.9 Å². The first-order valence-corrected chi connectivity index (χ1v) is 9.63. The Balaban J connectivity index is 1.64.